The molecule has 1 heteroatoms. The summed E-state index contributed by atoms with van der Waals surface area (Å²) in [6.07, 6.45) is 14.6. The largest absolute Gasteiger partial charge is 0.0656 e. The van der Waals surface area contributed by atoms with Gasteiger partial charge in [-0.1, -0.05) is 105 Å². The van der Waals surface area contributed by atoms with Crippen LogP contribution in [0.1, 0.15) is 98.8 Å². The Morgan fingerprint density at radius 1 is 0.524 bits per heavy atom. The van der Waals surface area contributed by atoms with Crippen molar-refractivity contribution in [2.45, 2.75) is 105 Å². The van der Waals surface area contributed by atoms with Crippen molar-refractivity contribution in [1.29, 1.82) is 0 Å². The highest BCUT2D eigenvalue weighted by molar-refractivity contribution is 6.08. The van der Waals surface area contributed by atoms with Crippen molar-refractivity contribution >= 4 is 10.2 Å². The summed E-state index contributed by atoms with van der Waals surface area (Å²) < 4.78 is 0. The van der Waals surface area contributed by atoms with E-state index < -0.39 is 0 Å². The molecule has 0 aliphatic carbocycles. The van der Waals surface area contributed by atoms with Gasteiger partial charge in [0.1, 0.15) is 0 Å². The molecular formula is C20H44Si. The molecule has 0 spiro atoms. The van der Waals surface area contributed by atoms with Gasteiger partial charge in [0.2, 0.25) is 0 Å². The molecule has 3 atom stereocenters. The van der Waals surface area contributed by atoms with Gasteiger partial charge in [0.05, 0.1) is 0 Å². The zero-order valence-electron chi connectivity index (χ0n) is 16.1. The predicted octanol–water partition coefficient (Wildman–Crippen LogP) is 6.24. The molecule has 0 bridgehead atoms. The van der Waals surface area contributed by atoms with Crippen molar-refractivity contribution in [1.82, 2.24) is 0 Å². The first-order valence-electron chi connectivity index (χ1n) is 9.95. The van der Waals surface area contributed by atoms with Gasteiger partial charge < -0.3 is 0 Å². The van der Waals surface area contributed by atoms with E-state index in [0.717, 1.165) is 23.7 Å². The van der Waals surface area contributed by atoms with E-state index in [1.807, 2.05) is 0 Å². The first-order chi connectivity index (χ1) is 9.95. The van der Waals surface area contributed by atoms with Gasteiger partial charge in [0.25, 0.3) is 0 Å². The van der Waals surface area contributed by atoms with E-state index in [9.17, 15) is 0 Å². The molecule has 0 saturated carbocycles. The van der Waals surface area contributed by atoms with E-state index in [1.165, 1.54) is 80.5 Å². The summed E-state index contributed by atoms with van der Waals surface area (Å²) in [6.45, 7) is 12.1. The maximum absolute atomic E-state index is 2.47. The second kappa shape index (κ2) is 13.9. The van der Waals surface area contributed by atoms with Gasteiger partial charge in [-0.15, -0.1) is 0 Å². The highest BCUT2D eigenvalue weighted by Crippen LogP contribution is 2.22. The quantitative estimate of drug-likeness (QED) is 0.333. The average Bonchev–Trinajstić information content (AvgIpc) is 2.38. The number of rotatable bonds is 14. The zero-order valence-corrected chi connectivity index (χ0v) is 18.1. The molecule has 0 aromatic rings. The van der Waals surface area contributed by atoms with Crippen LogP contribution in [0.2, 0.25) is 6.04 Å². The number of hydrogen-bond donors (Lipinski definition) is 0. The van der Waals surface area contributed by atoms with E-state index in [0.29, 0.717) is 0 Å². The molecule has 0 saturated heterocycles. The molecule has 0 nitrogen and oxygen atoms in total. The minimum Gasteiger partial charge on any atom is -0.0656 e. The summed E-state index contributed by atoms with van der Waals surface area (Å²) in [4.78, 5) is 0. The lowest BCUT2D eigenvalue weighted by Gasteiger charge is -2.16. The Kier molecular flexibility index (Phi) is 14.0. The van der Waals surface area contributed by atoms with Gasteiger partial charge in [-0.25, -0.2) is 0 Å². The molecule has 0 aromatic heterocycles. The van der Waals surface area contributed by atoms with Crippen molar-refractivity contribution in [3.05, 3.63) is 0 Å². The van der Waals surface area contributed by atoms with E-state index in [-0.39, 0.29) is 0 Å². The summed E-state index contributed by atoms with van der Waals surface area (Å²) in [5.41, 5.74) is 0. The van der Waals surface area contributed by atoms with Gasteiger partial charge in [-0.05, 0) is 23.7 Å². The summed E-state index contributed by atoms with van der Waals surface area (Å²) in [6, 6.07) is 1.49. The van der Waals surface area contributed by atoms with Crippen LogP contribution in [0.4, 0.5) is 0 Å². The van der Waals surface area contributed by atoms with Gasteiger partial charge in [0.15, 0.2) is 0 Å². The summed E-state index contributed by atoms with van der Waals surface area (Å²) in [7, 11) is 1.39. The third-order valence-corrected chi connectivity index (χ3v) is 5.62. The summed E-state index contributed by atoms with van der Waals surface area (Å²) >= 11 is 0. The normalized spacial score (nSPS) is 16.3. The Hall–Kier alpha value is 0.217. The first kappa shape index (κ1) is 21.2. The molecule has 1 unspecified atom stereocenters. The van der Waals surface area contributed by atoms with E-state index in [4.69, 9.17) is 0 Å². The van der Waals surface area contributed by atoms with Crippen LogP contribution in [-0.2, 0) is 0 Å². The molecule has 0 N–H and O–H groups in total. The third-order valence-electron chi connectivity index (χ3n) is 5.05. The van der Waals surface area contributed by atoms with Gasteiger partial charge >= 0.3 is 0 Å². The third kappa shape index (κ3) is 14.9. The van der Waals surface area contributed by atoms with Crippen LogP contribution in [0.3, 0.4) is 0 Å². The van der Waals surface area contributed by atoms with Crippen molar-refractivity contribution in [2.24, 2.45) is 23.7 Å². The Bertz CT molecular complexity index is 212. The Labute approximate surface area is 139 Å². The summed E-state index contributed by atoms with van der Waals surface area (Å²) in [5.74, 6) is 3.77. The molecular weight excluding hydrogens is 268 g/mol. The van der Waals surface area contributed by atoms with Crippen molar-refractivity contribution < 1.29 is 0 Å². The fourth-order valence-electron chi connectivity index (χ4n) is 3.43. The Morgan fingerprint density at radius 3 is 1.19 bits per heavy atom. The molecule has 0 aromatic carbocycles. The second-order valence-electron chi connectivity index (χ2n) is 8.29. The topological polar surface area (TPSA) is 0 Å². The molecule has 0 amide bonds. The van der Waals surface area contributed by atoms with Crippen LogP contribution >= 0.6 is 0 Å². The molecule has 0 heterocycles. The molecule has 21 heavy (non-hydrogen) atoms. The van der Waals surface area contributed by atoms with Crippen LogP contribution in [0.25, 0.3) is 0 Å². The minimum absolute atomic E-state index is 0.884. The Balaban J connectivity index is 3.45. The van der Waals surface area contributed by atoms with E-state index in [2.05, 4.69) is 34.6 Å². The fraction of sp³-hybridized carbons (Fsp3) is 1.00. The minimum atomic E-state index is 0.884. The lowest BCUT2D eigenvalue weighted by molar-refractivity contribution is 0.376. The van der Waals surface area contributed by atoms with Crippen LogP contribution in [-0.4, -0.2) is 10.2 Å². The molecule has 0 aliphatic rings. The molecule has 0 rings (SSSR count). The van der Waals surface area contributed by atoms with E-state index in [1.54, 1.807) is 0 Å². The monoisotopic (exact) mass is 312 g/mol. The average molecular weight is 313 g/mol. The van der Waals surface area contributed by atoms with Crippen molar-refractivity contribution in [3.63, 3.8) is 0 Å². The van der Waals surface area contributed by atoms with Gasteiger partial charge in [-0.3, -0.25) is 0 Å². The Morgan fingerprint density at radius 2 is 0.857 bits per heavy atom. The van der Waals surface area contributed by atoms with Gasteiger partial charge in [-0.2, -0.15) is 0 Å². The standard InChI is InChI=1S/C20H44Si/c1-17(2)9-6-10-18(3)11-7-12-19(4)13-8-14-20(5)15-16-21/h17-20H,6-16H2,1-5,21H3/t18-,19-,20?/m1/s1. The summed E-state index contributed by atoms with van der Waals surface area (Å²) in [5, 5.41) is 0. The van der Waals surface area contributed by atoms with Crippen LogP contribution in [0.15, 0.2) is 0 Å². The fourth-order valence-corrected chi connectivity index (χ4v) is 4.42. The molecule has 0 aliphatic heterocycles. The molecule has 128 valence electrons. The van der Waals surface area contributed by atoms with Crippen LogP contribution in [0.5, 0.6) is 0 Å². The maximum atomic E-state index is 2.47. The second-order valence-corrected chi connectivity index (χ2v) is 9.29. The lowest BCUT2D eigenvalue weighted by Crippen LogP contribution is -2.01. The van der Waals surface area contributed by atoms with Crippen LogP contribution < -0.4 is 0 Å². The highest BCUT2D eigenvalue weighted by Gasteiger charge is 2.07. The SMILES string of the molecule is CC(C)CCC[C@@H](C)CCC[C@@H](C)CCCC(C)CC[SiH3]. The van der Waals surface area contributed by atoms with Gasteiger partial charge in [0, 0.05) is 10.2 Å². The van der Waals surface area contributed by atoms with Crippen molar-refractivity contribution in [3.8, 4) is 0 Å². The zero-order chi connectivity index (χ0) is 16.1. The number of hydrogen-bond acceptors (Lipinski definition) is 0. The van der Waals surface area contributed by atoms with Crippen molar-refractivity contribution in [2.75, 3.05) is 0 Å². The predicted molar refractivity (Wildman–Crippen MR) is 103 cm³/mol. The smallest absolute Gasteiger partial charge is 0.00281 e. The molecule has 0 radical (unpaired) electrons. The maximum Gasteiger partial charge on any atom is 0.00281 e. The van der Waals surface area contributed by atoms with E-state index >= 15 is 0 Å². The highest BCUT2D eigenvalue weighted by atomic mass is 28.1. The molecule has 0 fully saturated rings. The lowest BCUT2D eigenvalue weighted by atomic mass is 9.91. The van der Waals surface area contributed by atoms with Crippen LogP contribution in [0, 0.1) is 23.7 Å². The first-order valence-corrected chi connectivity index (χ1v) is 11.4.